The van der Waals surface area contributed by atoms with Crippen molar-refractivity contribution >= 4 is 11.9 Å². The van der Waals surface area contributed by atoms with Crippen LogP contribution in [0.5, 0.6) is 11.5 Å². The van der Waals surface area contributed by atoms with Crippen LogP contribution in [0.4, 0.5) is 0 Å². The molecular formula is C24H29NO7. The van der Waals surface area contributed by atoms with E-state index in [1.54, 1.807) is 26.0 Å². The van der Waals surface area contributed by atoms with Crippen molar-refractivity contribution in [2.24, 2.45) is 5.92 Å². The Balaban J connectivity index is 1.53. The van der Waals surface area contributed by atoms with E-state index >= 15 is 0 Å². The Kier molecular flexibility index (Phi) is 4.63. The topological polar surface area (TPSA) is 106 Å². The molecule has 1 saturated heterocycles. The second-order valence-electron chi connectivity index (χ2n) is 9.76. The summed E-state index contributed by atoms with van der Waals surface area (Å²) in [5.41, 5.74) is -0.0836. The molecule has 5 rings (SSSR count). The number of carbonyl (C=O) groups excluding carboxylic acids is 2. The van der Waals surface area contributed by atoms with E-state index in [-0.39, 0.29) is 17.7 Å². The van der Waals surface area contributed by atoms with Crippen molar-refractivity contribution in [3.05, 3.63) is 35.1 Å². The van der Waals surface area contributed by atoms with Gasteiger partial charge >= 0.3 is 11.9 Å². The maximum atomic E-state index is 12.7. The second kappa shape index (κ2) is 6.96. The van der Waals surface area contributed by atoms with Crippen molar-refractivity contribution in [2.75, 3.05) is 13.6 Å². The lowest BCUT2D eigenvalue weighted by Crippen LogP contribution is -2.74. The lowest BCUT2D eigenvalue weighted by Gasteiger charge is -2.61. The molecule has 2 bridgehead atoms. The number of benzene rings is 1. The van der Waals surface area contributed by atoms with Gasteiger partial charge in [-0.05, 0) is 51.1 Å². The largest absolute Gasteiger partial charge is 0.504 e. The average molecular weight is 443 g/mol. The summed E-state index contributed by atoms with van der Waals surface area (Å²) in [5, 5.41) is 22.6. The van der Waals surface area contributed by atoms with Crippen molar-refractivity contribution in [1.29, 1.82) is 0 Å². The number of rotatable bonds is 4. The number of carbonyl (C=O) groups is 2. The van der Waals surface area contributed by atoms with Crippen LogP contribution in [0.15, 0.2) is 24.0 Å². The van der Waals surface area contributed by atoms with Gasteiger partial charge in [-0.1, -0.05) is 19.9 Å². The molecule has 0 saturated carbocycles. The zero-order valence-corrected chi connectivity index (χ0v) is 18.8. The van der Waals surface area contributed by atoms with Crippen LogP contribution in [0.1, 0.15) is 44.7 Å². The molecule has 2 heterocycles. The van der Waals surface area contributed by atoms with Gasteiger partial charge in [0.25, 0.3) is 0 Å². The number of phenols is 1. The normalized spacial score (nSPS) is 33.1. The number of nitrogens with zero attached hydrogens (tertiary/aromatic N) is 1. The molecule has 0 amide bonds. The molecule has 1 fully saturated rings. The molecule has 8 heteroatoms. The van der Waals surface area contributed by atoms with Crippen LogP contribution in [0.25, 0.3) is 0 Å². The van der Waals surface area contributed by atoms with Gasteiger partial charge in [0.1, 0.15) is 5.76 Å². The van der Waals surface area contributed by atoms with Crippen molar-refractivity contribution in [1.82, 2.24) is 4.90 Å². The zero-order valence-electron chi connectivity index (χ0n) is 18.8. The molecule has 172 valence electrons. The summed E-state index contributed by atoms with van der Waals surface area (Å²) in [4.78, 5) is 26.8. The highest BCUT2D eigenvalue weighted by atomic mass is 16.6. The number of esters is 2. The minimum atomic E-state index is -1.12. The Morgan fingerprint density at radius 1 is 1.25 bits per heavy atom. The Labute approximate surface area is 186 Å². The number of phenolic OH excluding ortho intramolecular Hbond substituents is 1. The average Bonchev–Trinajstić information content (AvgIpc) is 3.10. The fraction of sp³-hybridized carbons (Fsp3) is 0.583. The zero-order chi connectivity index (χ0) is 23.0. The van der Waals surface area contributed by atoms with E-state index in [1.165, 1.54) is 6.92 Å². The Hall–Kier alpha value is -2.58. The van der Waals surface area contributed by atoms with Crippen molar-refractivity contribution < 1.29 is 34.0 Å². The lowest BCUT2D eigenvalue weighted by atomic mass is 9.50. The lowest BCUT2D eigenvalue weighted by molar-refractivity contribution is -0.176. The first-order valence-electron chi connectivity index (χ1n) is 11.2. The van der Waals surface area contributed by atoms with Gasteiger partial charge in [-0.15, -0.1) is 0 Å². The first kappa shape index (κ1) is 21.3. The standard InChI is InChI=1S/C24H29NO7/c1-12(2)21(27)30-13(3)22(28)31-16-7-8-24(29)17-11-14-5-6-15(26)19-18(14)23(24,20(16)32-19)9-10-25(17)4/h5-7,12-13,17,20,26,29H,8-11H2,1-4H3/t13-,17+,20-,23-,24+/m0/s1. The number of hydrogen-bond donors (Lipinski definition) is 2. The number of aromatic hydroxyl groups is 1. The van der Waals surface area contributed by atoms with E-state index in [4.69, 9.17) is 14.2 Å². The van der Waals surface area contributed by atoms with Crippen LogP contribution in [0.3, 0.4) is 0 Å². The van der Waals surface area contributed by atoms with Crippen LogP contribution in [-0.4, -0.2) is 64.5 Å². The summed E-state index contributed by atoms with van der Waals surface area (Å²) >= 11 is 0. The van der Waals surface area contributed by atoms with E-state index in [0.29, 0.717) is 30.8 Å². The smallest absolute Gasteiger partial charge is 0.352 e. The molecule has 2 aliphatic heterocycles. The molecule has 0 aromatic heterocycles. The molecular weight excluding hydrogens is 414 g/mol. The second-order valence-corrected chi connectivity index (χ2v) is 9.76. The fourth-order valence-corrected chi connectivity index (χ4v) is 6.00. The van der Waals surface area contributed by atoms with Gasteiger partial charge in [-0.25, -0.2) is 4.79 Å². The maximum absolute atomic E-state index is 12.7. The Morgan fingerprint density at radius 3 is 2.72 bits per heavy atom. The van der Waals surface area contributed by atoms with Crippen LogP contribution in [0.2, 0.25) is 0 Å². The van der Waals surface area contributed by atoms with Gasteiger partial charge in [0.2, 0.25) is 0 Å². The van der Waals surface area contributed by atoms with Gasteiger partial charge in [-0.3, -0.25) is 4.79 Å². The molecule has 32 heavy (non-hydrogen) atoms. The summed E-state index contributed by atoms with van der Waals surface area (Å²) in [5.74, 6) is -0.880. The van der Waals surface area contributed by atoms with E-state index < -0.39 is 35.2 Å². The van der Waals surface area contributed by atoms with Gasteiger partial charge in [0.15, 0.2) is 23.7 Å². The third-order valence-corrected chi connectivity index (χ3v) is 7.67. The molecule has 8 nitrogen and oxygen atoms in total. The number of piperidine rings is 1. The van der Waals surface area contributed by atoms with Crippen LogP contribution < -0.4 is 4.74 Å². The Morgan fingerprint density at radius 2 is 2.00 bits per heavy atom. The van der Waals surface area contributed by atoms with Gasteiger partial charge in [0, 0.05) is 18.0 Å². The SMILES string of the molecule is CC(C)C(=O)O[C@@H](C)C(=O)OC1=CC[C@@]2(O)[C@H]3Cc4ccc(O)c5c4[C@@]2(CCN3C)[C@H]1O5. The highest BCUT2D eigenvalue weighted by molar-refractivity contribution is 5.80. The van der Waals surface area contributed by atoms with E-state index in [2.05, 4.69) is 4.90 Å². The molecule has 1 spiro atoms. The van der Waals surface area contributed by atoms with Crippen molar-refractivity contribution in [3.8, 4) is 11.5 Å². The Bertz CT molecular complexity index is 1030. The van der Waals surface area contributed by atoms with Gasteiger partial charge in [0.05, 0.1) is 16.9 Å². The van der Waals surface area contributed by atoms with Gasteiger partial charge in [-0.2, -0.15) is 0 Å². The van der Waals surface area contributed by atoms with Gasteiger partial charge < -0.3 is 29.3 Å². The minimum absolute atomic E-state index is 0.0113. The van der Waals surface area contributed by atoms with E-state index in [1.807, 2.05) is 13.1 Å². The summed E-state index contributed by atoms with van der Waals surface area (Å²) in [6.07, 6.45) is 1.41. The molecule has 1 aromatic rings. The first-order chi connectivity index (χ1) is 15.1. The van der Waals surface area contributed by atoms with Crippen molar-refractivity contribution in [3.63, 3.8) is 0 Å². The number of aliphatic hydroxyl groups is 1. The molecule has 0 radical (unpaired) electrons. The molecule has 4 aliphatic rings. The van der Waals surface area contributed by atoms with E-state index in [0.717, 1.165) is 17.7 Å². The fourth-order valence-electron chi connectivity index (χ4n) is 6.00. The molecule has 1 aromatic carbocycles. The first-order valence-corrected chi connectivity index (χ1v) is 11.2. The third kappa shape index (κ3) is 2.62. The quantitative estimate of drug-likeness (QED) is 0.679. The summed E-state index contributed by atoms with van der Waals surface area (Å²) in [7, 11) is 2.01. The predicted molar refractivity (Wildman–Crippen MR) is 113 cm³/mol. The summed E-state index contributed by atoms with van der Waals surface area (Å²) < 4.78 is 17.1. The summed E-state index contributed by atoms with van der Waals surface area (Å²) in [6.45, 7) is 5.60. The van der Waals surface area contributed by atoms with Crippen molar-refractivity contribution in [2.45, 2.75) is 69.3 Å². The van der Waals surface area contributed by atoms with Crippen LogP contribution in [-0.2, 0) is 30.9 Å². The minimum Gasteiger partial charge on any atom is -0.504 e. The number of hydrogen-bond acceptors (Lipinski definition) is 8. The van der Waals surface area contributed by atoms with Crippen LogP contribution >= 0.6 is 0 Å². The maximum Gasteiger partial charge on any atom is 0.352 e. The monoisotopic (exact) mass is 443 g/mol. The number of likely N-dealkylation sites (N-methyl/N-ethyl adjacent to an activating group) is 1. The van der Waals surface area contributed by atoms with Crippen LogP contribution in [0, 0.1) is 5.92 Å². The van der Waals surface area contributed by atoms with E-state index in [9.17, 15) is 19.8 Å². The highest BCUT2D eigenvalue weighted by Gasteiger charge is 2.72. The third-order valence-electron chi connectivity index (χ3n) is 7.67. The number of ether oxygens (including phenoxy) is 3. The molecule has 2 aliphatic carbocycles. The summed E-state index contributed by atoms with van der Waals surface area (Å²) in [6, 6.07) is 3.39. The molecule has 5 atom stereocenters. The highest BCUT2D eigenvalue weighted by Crippen LogP contribution is 2.65. The molecule has 2 N–H and O–H groups in total. The number of likely N-dealkylation sites (tertiary alicyclic amines) is 1. The predicted octanol–water partition coefficient (Wildman–Crippen LogP) is 1.80. The molecule has 0 unspecified atom stereocenters.